The van der Waals surface area contributed by atoms with Crippen LogP contribution in [0.15, 0.2) is 24.3 Å². The molecular weight excluding hydrogens is 417 g/mol. The van der Waals surface area contributed by atoms with Crippen molar-refractivity contribution in [1.82, 2.24) is 4.68 Å². The van der Waals surface area contributed by atoms with Gasteiger partial charge < -0.3 is 14.6 Å². The van der Waals surface area contributed by atoms with Crippen LogP contribution in [0.4, 0.5) is 13.2 Å². The molecule has 0 radical (unpaired) electrons. The Morgan fingerprint density at radius 2 is 1.65 bits per heavy atom. The first-order chi connectivity index (χ1) is 14.3. The predicted octanol–water partition coefficient (Wildman–Crippen LogP) is 1.52. The van der Waals surface area contributed by atoms with Gasteiger partial charge in [-0.25, -0.2) is 4.79 Å². The van der Waals surface area contributed by atoms with Crippen LogP contribution in [0.3, 0.4) is 0 Å². The maximum absolute atomic E-state index is 12.5. The van der Waals surface area contributed by atoms with E-state index in [4.69, 9.17) is 14.6 Å². The minimum Gasteiger partial charge on any atom is -0.542 e. The number of nitrogens with zero attached hydrogens (tertiary/aromatic N) is 2. The van der Waals surface area contributed by atoms with E-state index in [1.165, 1.54) is 0 Å². The summed E-state index contributed by atoms with van der Waals surface area (Å²) in [7, 11) is 1.77. The van der Waals surface area contributed by atoms with Crippen LogP contribution in [-0.2, 0) is 34.3 Å². The van der Waals surface area contributed by atoms with Crippen LogP contribution in [0.2, 0.25) is 0 Å². The zero-order valence-electron chi connectivity index (χ0n) is 18.0. The second kappa shape index (κ2) is 10.7. The Bertz CT molecular complexity index is 944. The summed E-state index contributed by atoms with van der Waals surface area (Å²) in [6.45, 7) is 8.26. The van der Waals surface area contributed by atoms with Gasteiger partial charge in [0.1, 0.15) is 12.5 Å². The zero-order valence-corrected chi connectivity index (χ0v) is 18.0. The number of aromatic nitrogens is 2. The first-order valence-corrected chi connectivity index (χ1v) is 9.38. The summed E-state index contributed by atoms with van der Waals surface area (Å²) < 4.78 is 40.1. The number of esters is 1. The summed E-state index contributed by atoms with van der Waals surface area (Å²) in [6, 6.07) is 7.80. The van der Waals surface area contributed by atoms with Crippen molar-refractivity contribution in [1.29, 1.82) is 0 Å². The lowest BCUT2D eigenvalue weighted by atomic mass is 9.98. The number of aliphatic carboxylic acids is 1. The van der Waals surface area contributed by atoms with Crippen LogP contribution in [0.1, 0.15) is 39.8 Å². The van der Waals surface area contributed by atoms with Gasteiger partial charge in [-0.15, -0.1) is 4.68 Å². The number of halogens is 3. The first-order valence-electron chi connectivity index (χ1n) is 9.38. The number of benzene rings is 1. The summed E-state index contributed by atoms with van der Waals surface area (Å²) in [5.41, 5.74) is 4.65. The van der Waals surface area contributed by atoms with E-state index in [2.05, 4.69) is 0 Å². The number of ether oxygens (including phenoxy) is 1. The van der Waals surface area contributed by atoms with Crippen LogP contribution in [0.5, 0.6) is 0 Å². The molecule has 2 aromatic rings. The Labute approximate surface area is 178 Å². The molecule has 0 bridgehead atoms. The Morgan fingerprint density at radius 1 is 1.13 bits per heavy atom. The molecule has 0 fully saturated rings. The largest absolute Gasteiger partial charge is 0.542 e. The van der Waals surface area contributed by atoms with E-state index in [0.29, 0.717) is 18.7 Å². The predicted molar refractivity (Wildman–Crippen MR) is 102 cm³/mol. The molecule has 0 spiro atoms. The fraction of sp³-hybridized carbons (Fsp3) is 0.429. The van der Waals surface area contributed by atoms with Gasteiger partial charge in [-0.1, -0.05) is 18.2 Å². The van der Waals surface area contributed by atoms with Crippen molar-refractivity contribution in [2.24, 2.45) is 7.05 Å². The average molecular weight is 442 g/mol. The Kier molecular flexibility index (Phi) is 8.96. The molecule has 0 saturated heterocycles. The number of ketones is 1. The highest BCUT2D eigenvalue weighted by atomic mass is 19.4. The van der Waals surface area contributed by atoms with E-state index >= 15 is 0 Å². The van der Waals surface area contributed by atoms with Gasteiger partial charge in [0.2, 0.25) is 0 Å². The molecule has 2 rings (SSSR count). The van der Waals surface area contributed by atoms with Crippen molar-refractivity contribution in [2.45, 2.75) is 46.8 Å². The molecule has 0 aliphatic carbocycles. The van der Waals surface area contributed by atoms with Gasteiger partial charge >= 0.3 is 17.8 Å². The molecule has 0 aliphatic heterocycles. The third kappa shape index (κ3) is 7.23. The minimum absolute atomic E-state index is 0.108. The van der Waals surface area contributed by atoms with Gasteiger partial charge in [-0.3, -0.25) is 4.79 Å². The number of hydrogen-bond acceptors (Lipinski definition) is 5. The highest BCUT2D eigenvalue weighted by Crippen LogP contribution is 2.15. The maximum atomic E-state index is 12.5. The van der Waals surface area contributed by atoms with Crippen LogP contribution in [-0.4, -0.2) is 35.2 Å². The van der Waals surface area contributed by atoms with Gasteiger partial charge in [0, 0.05) is 12.5 Å². The van der Waals surface area contributed by atoms with Crippen LogP contribution >= 0.6 is 0 Å². The Balaban J connectivity index is 0.000000592. The second-order valence-corrected chi connectivity index (χ2v) is 6.84. The highest BCUT2D eigenvalue weighted by molar-refractivity contribution is 5.86. The van der Waals surface area contributed by atoms with E-state index < -0.39 is 12.1 Å². The average Bonchev–Trinajstić information content (AvgIpc) is 2.93. The minimum atomic E-state index is -5.19. The maximum Gasteiger partial charge on any atom is 0.430 e. The lowest BCUT2D eigenvalue weighted by Gasteiger charge is -2.09. The highest BCUT2D eigenvalue weighted by Gasteiger charge is 2.29. The molecule has 7 nitrogen and oxygen atoms in total. The third-order valence-corrected chi connectivity index (χ3v) is 4.52. The summed E-state index contributed by atoms with van der Waals surface area (Å²) in [5, 5.41) is 8.78. The Morgan fingerprint density at radius 3 is 2.10 bits per heavy atom. The lowest BCUT2D eigenvalue weighted by molar-refractivity contribution is -0.754. The van der Waals surface area contributed by atoms with E-state index in [-0.39, 0.29) is 18.3 Å². The van der Waals surface area contributed by atoms with Crippen molar-refractivity contribution < 1.29 is 42.1 Å². The molecule has 0 N–H and O–H groups in total. The quantitative estimate of drug-likeness (QED) is 0.500. The number of hydrogen-bond donors (Lipinski definition) is 0. The SMILES string of the molecule is CCOC(=O)c1cc(C)n(CC(=O)Cc2c(C)cccc2C)[n+]1C.O=C([O-])C(F)(F)F. The number of rotatable bonds is 6. The number of carbonyl (C=O) groups is 3. The summed E-state index contributed by atoms with van der Waals surface area (Å²) in [6.07, 6.45) is -4.80. The van der Waals surface area contributed by atoms with Crippen LogP contribution in [0, 0.1) is 20.8 Å². The van der Waals surface area contributed by atoms with Gasteiger partial charge in [-0.05, 0) is 44.4 Å². The fourth-order valence-corrected chi connectivity index (χ4v) is 2.91. The van der Waals surface area contributed by atoms with Crippen molar-refractivity contribution in [3.8, 4) is 0 Å². The van der Waals surface area contributed by atoms with E-state index in [0.717, 1.165) is 22.4 Å². The van der Waals surface area contributed by atoms with Crippen molar-refractivity contribution in [3.63, 3.8) is 0 Å². The number of alkyl halides is 3. The molecule has 0 atom stereocenters. The van der Waals surface area contributed by atoms with Gasteiger partial charge in [0.05, 0.1) is 12.3 Å². The molecule has 1 heterocycles. The lowest BCUT2D eigenvalue weighted by Crippen LogP contribution is -2.45. The number of carboxylic acid groups (broad SMARTS) is 1. The van der Waals surface area contributed by atoms with Crippen LogP contribution < -0.4 is 9.79 Å². The van der Waals surface area contributed by atoms with E-state index in [1.807, 2.05) is 43.7 Å². The second-order valence-electron chi connectivity index (χ2n) is 6.84. The van der Waals surface area contributed by atoms with Crippen molar-refractivity contribution in [3.05, 3.63) is 52.3 Å². The molecule has 1 aromatic heterocycles. The van der Waals surface area contributed by atoms with E-state index in [1.54, 1.807) is 24.7 Å². The molecule has 31 heavy (non-hydrogen) atoms. The number of aryl methyl sites for hydroxylation is 3. The zero-order chi connectivity index (χ0) is 23.9. The number of Topliss-reactive ketones (excluding diaryl/α,β-unsaturated/α-hetero) is 1. The molecular formula is C21H25F3N2O5. The molecule has 1 aromatic carbocycles. The Hall–Kier alpha value is -3.17. The summed E-state index contributed by atoms with van der Waals surface area (Å²) in [4.78, 5) is 33.3. The molecule has 0 aliphatic rings. The van der Waals surface area contributed by atoms with Crippen LogP contribution in [0.25, 0.3) is 0 Å². The monoisotopic (exact) mass is 442 g/mol. The standard InChI is InChI=1S/C19H25N2O3.C2HF3O2/c1-6-24-19(23)18-10-15(4)21(20(18)5)12-16(22)11-17-13(2)8-7-9-14(17)3;3-2(4,5)1(6)7/h7-10H,6,11-12H2,1-5H3;(H,6,7)/q+1;/p-1. The topological polar surface area (TPSA) is 92.3 Å². The molecule has 0 amide bonds. The van der Waals surface area contributed by atoms with Gasteiger partial charge in [0.15, 0.2) is 12.8 Å². The molecule has 0 unspecified atom stereocenters. The molecule has 170 valence electrons. The summed E-state index contributed by atoms with van der Waals surface area (Å²) >= 11 is 0. The normalized spacial score (nSPS) is 10.8. The fourth-order valence-electron chi connectivity index (χ4n) is 2.91. The van der Waals surface area contributed by atoms with Gasteiger partial charge in [-0.2, -0.15) is 17.9 Å². The molecule has 0 saturated carbocycles. The third-order valence-electron chi connectivity index (χ3n) is 4.52. The van der Waals surface area contributed by atoms with Crippen molar-refractivity contribution in [2.75, 3.05) is 6.61 Å². The van der Waals surface area contributed by atoms with E-state index in [9.17, 15) is 22.8 Å². The first kappa shape index (κ1) is 25.9. The number of carbonyl (C=O) groups excluding carboxylic acids is 3. The summed E-state index contributed by atoms with van der Waals surface area (Å²) in [5.74, 6) is -3.27. The number of carboxylic acids is 1. The van der Waals surface area contributed by atoms with Gasteiger partial charge in [0.25, 0.3) is 0 Å². The smallest absolute Gasteiger partial charge is 0.430 e. The molecule has 10 heteroatoms. The van der Waals surface area contributed by atoms with Crippen molar-refractivity contribution >= 4 is 17.7 Å².